The second kappa shape index (κ2) is 10.5. The number of carbonyl (C=O) groups excluding carboxylic acids is 2. The van der Waals surface area contributed by atoms with Crippen LogP contribution in [0.2, 0.25) is 0 Å². The number of aromatic nitrogens is 3. The van der Waals surface area contributed by atoms with Gasteiger partial charge in [0.1, 0.15) is 6.10 Å². The van der Waals surface area contributed by atoms with Gasteiger partial charge in [-0.2, -0.15) is 0 Å². The minimum absolute atomic E-state index is 0.0542. The number of anilines is 3. The minimum atomic E-state index is -1.04. The van der Waals surface area contributed by atoms with E-state index in [0.717, 1.165) is 25.0 Å². The highest BCUT2D eigenvalue weighted by Crippen LogP contribution is 2.29. The molecular weight excluding hydrogens is 464 g/mol. The molecule has 1 saturated carbocycles. The topological polar surface area (TPSA) is 128 Å². The molecule has 0 unspecified atom stereocenters. The van der Waals surface area contributed by atoms with E-state index in [9.17, 15) is 18.4 Å². The molecule has 184 valence electrons. The maximum Gasteiger partial charge on any atom is 0.320 e. The van der Waals surface area contributed by atoms with Gasteiger partial charge in [0.15, 0.2) is 11.6 Å². The van der Waals surface area contributed by atoms with E-state index >= 15 is 0 Å². The van der Waals surface area contributed by atoms with Crippen molar-refractivity contribution < 1.29 is 32.3 Å². The number of carbonyl (C=O) groups is 2. The Morgan fingerprint density at radius 1 is 1.06 bits per heavy atom. The number of halogens is 2. The number of rotatable bonds is 7. The third kappa shape index (κ3) is 5.89. The molecule has 0 radical (unpaired) electrons. The first-order chi connectivity index (χ1) is 16.8. The maximum atomic E-state index is 13.3. The number of amides is 1. The fourth-order valence-electron chi connectivity index (χ4n) is 3.74. The summed E-state index contributed by atoms with van der Waals surface area (Å²) >= 11 is 0. The fourth-order valence-corrected chi connectivity index (χ4v) is 3.74. The van der Waals surface area contributed by atoms with Gasteiger partial charge >= 0.3 is 23.8 Å². The van der Waals surface area contributed by atoms with Gasteiger partial charge in [0, 0.05) is 17.3 Å². The largest absolute Gasteiger partial charge is 0.474 e. The number of pyridine rings is 1. The van der Waals surface area contributed by atoms with Crippen molar-refractivity contribution in [1.82, 2.24) is 15.2 Å². The predicted molar refractivity (Wildman–Crippen MR) is 119 cm³/mol. The van der Waals surface area contributed by atoms with Gasteiger partial charge in [-0.25, -0.2) is 13.8 Å². The Morgan fingerprint density at radius 2 is 1.83 bits per heavy atom. The Bertz CT molecular complexity index is 1230. The molecule has 1 fully saturated rings. The van der Waals surface area contributed by atoms with Gasteiger partial charge in [-0.15, -0.1) is 5.10 Å². The van der Waals surface area contributed by atoms with Crippen LogP contribution >= 0.6 is 0 Å². The Morgan fingerprint density at radius 3 is 2.51 bits per heavy atom. The zero-order valence-electron chi connectivity index (χ0n) is 19.0. The average molecular weight is 487 g/mol. The van der Waals surface area contributed by atoms with E-state index in [4.69, 9.17) is 13.9 Å². The van der Waals surface area contributed by atoms with E-state index < -0.39 is 17.5 Å². The summed E-state index contributed by atoms with van der Waals surface area (Å²) < 4.78 is 42.4. The van der Waals surface area contributed by atoms with Crippen LogP contribution in [0.1, 0.15) is 41.9 Å². The monoisotopic (exact) mass is 487 g/mol. The average Bonchev–Trinajstić information content (AvgIpc) is 3.32. The van der Waals surface area contributed by atoms with Crippen molar-refractivity contribution in [2.75, 3.05) is 17.7 Å². The molecule has 2 N–H and O–H groups in total. The van der Waals surface area contributed by atoms with Crippen molar-refractivity contribution in [3.63, 3.8) is 0 Å². The zero-order chi connectivity index (χ0) is 24.9. The second-order valence-electron chi connectivity index (χ2n) is 8.08. The summed E-state index contributed by atoms with van der Waals surface area (Å²) in [7, 11) is 1.39. The van der Waals surface area contributed by atoms with E-state index in [2.05, 4.69) is 25.8 Å². The smallest absolute Gasteiger partial charge is 0.320 e. The summed E-state index contributed by atoms with van der Waals surface area (Å²) in [6, 6.07) is 4.67. The number of nitrogens with zero attached hydrogens (tertiary/aromatic N) is 3. The molecule has 0 spiro atoms. The molecule has 4 rings (SSSR count). The van der Waals surface area contributed by atoms with E-state index in [1.807, 2.05) is 0 Å². The van der Waals surface area contributed by atoms with Crippen LogP contribution in [0.15, 0.2) is 34.9 Å². The first kappa shape index (κ1) is 24.0. The van der Waals surface area contributed by atoms with Gasteiger partial charge in [-0.05, 0) is 50.8 Å². The highest BCUT2D eigenvalue weighted by atomic mass is 19.2. The number of aryl methyl sites for hydroxylation is 1. The van der Waals surface area contributed by atoms with Crippen LogP contribution in [0, 0.1) is 24.5 Å². The van der Waals surface area contributed by atoms with Gasteiger partial charge < -0.3 is 24.5 Å². The number of hydrogen-bond acceptors (Lipinski definition) is 9. The molecule has 0 bridgehead atoms. The highest BCUT2D eigenvalue weighted by molar-refractivity contribution is 6.00. The van der Waals surface area contributed by atoms with Crippen LogP contribution in [-0.4, -0.2) is 40.3 Å². The van der Waals surface area contributed by atoms with Crippen molar-refractivity contribution in [2.45, 2.75) is 38.7 Å². The number of esters is 1. The quantitative estimate of drug-likeness (QED) is 0.472. The summed E-state index contributed by atoms with van der Waals surface area (Å²) in [5.41, 5.74) is 1.28. The van der Waals surface area contributed by atoms with Gasteiger partial charge in [-0.3, -0.25) is 9.59 Å². The van der Waals surface area contributed by atoms with Crippen LogP contribution in [0.5, 0.6) is 5.88 Å². The summed E-state index contributed by atoms with van der Waals surface area (Å²) in [5, 5.41) is 12.5. The Kier molecular flexibility index (Phi) is 7.18. The molecular formula is C23H23F2N5O5. The molecule has 1 amide bonds. The van der Waals surface area contributed by atoms with Gasteiger partial charge in [0.25, 0.3) is 0 Å². The van der Waals surface area contributed by atoms with Crippen molar-refractivity contribution in [2.24, 2.45) is 5.92 Å². The van der Waals surface area contributed by atoms with Crippen LogP contribution in [0.3, 0.4) is 0 Å². The van der Waals surface area contributed by atoms with Gasteiger partial charge in [0.2, 0.25) is 5.88 Å². The van der Waals surface area contributed by atoms with E-state index in [1.54, 1.807) is 13.0 Å². The Balaban J connectivity index is 1.33. The maximum absolute atomic E-state index is 13.3. The van der Waals surface area contributed by atoms with Crippen molar-refractivity contribution in [1.29, 1.82) is 0 Å². The molecule has 3 aromatic rings. The predicted octanol–water partition coefficient (Wildman–Crippen LogP) is 4.16. The number of ether oxygens (including phenoxy) is 2. The first-order valence-electron chi connectivity index (χ1n) is 10.9. The molecule has 12 heteroatoms. The Labute approximate surface area is 199 Å². The number of methoxy groups -OCH3 is 1. The molecule has 1 aliphatic rings. The summed E-state index contributed by atoms with van der Waals surface area (Å²) in [4.78, 5) is 28.4. The molecule has 0 atom stereocenters. The van der Waals surface area contributed by atoms with Crippen molar-refractivity contribution in [3.05, 3.63) is 53.6 Å². The summed E-state index contributed by atoms with van der Waals surface area (Å²) in [6.45, 7) is 1.80. The summed E-state index contributed by atoms with van der Waals surface area (Å²) in [5.74, 6) is -2.89. The number of nitrogens with one attached hydrogen (secondary N) is 2. The van der Waals surface area contributed by atoms with Crippen LogP contribution in [0.4, 0.5) is 26.2 Å². The lowest BCUT2D eigenvalue weighted by Crippen LogP contribution is -2.29. The second-order valence-corrected chi connectivity index (χ2v) is 8.08. The molecule has 1 aromatic carbocycles. The molecule has 35 heavy (non-hydrogen) atoms. The van der Waals surface area contributed by atoms with Crippen molar-refractivity contribution in [3.8, 4) is 5.88 Å². The molecule has 1 aliphatic carbocycles. The van der Waals surface area contributed by atoms with Crippen LogP contribution < -0.4 is 15.4 Å². The lowest BCUT2D eigenvalue weighted by molar-refractivity contribution is -0.147. The minimum Gasteiger partial charge on any atom is -0.474 e. The first-order valence-corrected chi connectivity index (χ1v) is 10.9. The van der Waals surface area contributed by atoms with E-state index in [0.29, 0.717) is 30.0 Å². The van der Waals surface area contributed by atoms with E-state index in [1.165, 1.54) is 19.4 Å². The normalized spacial score (nSPS) is 17.5. The standard InChI is InChI=1S/C23H23F2N5O5/c1-12-9-15(11-26-20(12)34-16-6-3-13(4-7-16)22(32)33-2)27-19(31)21-29-30-23(35-21)28-14-5-8-17(24)18(25)10-14/h5,8-11,13,16H,3-4,6-7H2,1-2H3,(H,27,31)(H,28,30). The van der Waals surface area contributed by atoms with Crippen LogP contribution in [-0.2, 0) is 9.53 Å². The zero-order valence-corrected chi connectivity index (χ0v) is 19.0. The molecule has 2 heterocycles. The SMILES string of the molecule is COC(=O)C1CCC(Oc2ncc(NC(=O)c3nnc(Nc4ccc(F)c(F)c4)o3)cc2C)CC1. The van der Waals surface area contributed by atoms with Gasteiger partial charge in [-0.1, -0.05) is 5.10 Å². The molecule has 0 aliphatic heterocycles. The van der Waals surface area contributed by atoms with E-state index in [-0.39, 0.29) is 35.6 Å². The summed E-state index contributed by atoms with van der Waals surface area (Å²) in [6.07, 6.45) is 4.22. The Hall–Kier alpha value is -4.09. The molecule has 10 nitrogen and oxygen atoms in total. The fraction of sp³-hybridized carbons (Fsp3) is 0.348. The third-order valence-electron chi connectivity index (χ3n) is 5.57. The molecule has 0 saturated heterocycles. The lowest BCUT2D eigenvalue weighted by Gasteiger charge is -2.27. The molecule has 2 aromatic heterocycles. The number of benzene rings is 1. The van der Waals surface area contributed by atoms with Crippen LogP contribution in [0.25, 0.3) is 0 Å². The number of hydrogen-bond donors (Lipinski definition) is 2. The lowest BCUT2D eigenvalue weighted by atomic mass is 9.87. The highest BCUT2D eigenvalue weighted by Gasteiger charge is 2.28. The third-order valence-corrected chi connectivity index (χ3v) is 5.57. The van der Waals surface area contributed by atoms with Gasteiger partial charge in [0.05, 0.1) is 24.9 Å². The van der Waals surface area contributed by atoms with Crippen molar-refractivity contribution >= 4 is 29.3 Å².